The molecule has 1 aliphatic rings. The standard InChI is InChI=1S/C17H16F3N3O2.2ClH/c18-12-2-1-3-13(6-12)25-15-5-4-11(8-21-15)9-22-16(24)14-7-17(19,20)10-23-14;;/h1-6,8,14,23H,7,9-10H2,(H,22,24);2*1H. The van der Waals surface area contributed by atoms with E-state index in [-0.39, 0.29) is 37.2 Å². The highest BCUT2D eigenvalue weighted by Crippen LogP contribution is 2.25. The molecule has 1 aromatic heterocycles. The summed E-state index contributed by atoms with van der Waals surface area (Å²) in [6.07, 6.45) is 0.989. The smallest absolute Gasteiger partial charge is 0.262 e. The van der Waals surface area contributed by atoms with Crippen LogP contribution in [0.5, 0.6) is 11.6 Å². The van der Waals surface area contributed by atoms with Crippen LogP contribution in [0.25, 0.3) is 0 Å². The number of carbonyl (C=O) groups excluding carboxylic acids is 1. The number of halogens is 5. The number of nitrogens with one attached hydrogen (secondary N) is 2. The first-order valence-electron chi connectivity index (χ1n) is 7.69. The minimum atomic E-state index is -2.85. The summed E-state index contributed by atoms with van der Waals surface area (Å²) in [6.45, 7) is -0.325. The summed E-state index contributed by atoms with van der Waals surface area (Å²) in [7, 11) is 0. The molecule has 1 aromatic carbocycles. The van der Waals surface area contributed by atoms with Gasteiger partial charge in [-0.05, 0) is 17.7 Å². The fourth-order valence-corrected chi connectivity index (χ4v) is 2.44. The van der Waals surface area contributed by atoms with Gasteiger partial charge in [0, 0.05) is 31.3 Å². The first kappa shape index (κ1) is 23.0. The normalized spacial score (nSPS) is 17.4. The summed E-state index contributed by atoms with van der Waals surface area (Å²) < 4.78 is 44.7. The predicted molar refractivity (Wildman–Crippen MR) is 98.4 cm³/mol. The van der Waals surface area contributed by atoms with Gasteiger partial charge in [-0.3, -0.25) is 10.1 Å². The highest BCUT2D eigenvalue weighted by molar-refractivity contribution is 5.85. The summed E-state index contributed by atoms with van der Waals surface area (Å²) in [5.74, 6) is -3.14. The molecular weight excluding hydrogens is 406 g/mol. The van der Waals surface area contributed by atoms with Gasteiger partial charge in [-0.15, -0.1) is 24.8 Å². The number of nitrogens with zero attached hydrogens (tertiary/aromatic N) is 1. The van der Waals surface area contributed by atoms with Gasteiger partial charge in [0.2, 0.25) is 11.8 Å². The number of hydrogen-bond donors (Lipinski definition) is 2. The zero-order chi connectivity index (χ0) is 17.9. The van der Waals surface area contributed by atoms with Crippen molar-refractivity contribution in [3.63, 3.8) is 0 Å². The second kappa shape index (κ2) is 9.77. The van der Waals surface area contributed by atoms with Crippen molar-refractivity contribution >= 4 is 30.7 Å². The zero-order valence-corrected chi connectivity index (χ0v) is 15.6. The van der Waals surface area contributed by atoms with Gasteiger partial charge in [0.1, 0.15) is 11.6 Å². The second-order valence-corrected chi connectivity index (χ2v) is 5.78. The molecule has 0 saturated carbocycles. The van der Waals surface area contributed by atoms with E-state index < -0.39 is 36.7 Å². The van der Waals surface area contributed by atoms with Crippen molar-refractivity contribution in [3.8, 4) is 11.6 Å². The first-order valence-corrected chi connectivity index (χ1v) is 7.69. The number of hydrogen-bond acceptors (Lipinski definition) is 4. The summed E-state index contributed by atoms with van der Waals surface area (Å²) in [5, 5.41) is 5.09. The van der Waals surface area contributed by atoms with Gasteiger partial charge >= 0.3 is 0 Å². The molecule has 2 N–H and O–H groups in total. The molecule has 10 heteroatoms. The molecule has 1 fully saturated rings. The summed E-state index contributed by atoms with van der Waals surface area (Å²) in [5.41, 5.74) is 0.685. The second-order valence-electron chi connectivity index (χ2n) is 5.78. The minimum absolute atomic E-state index is 0. The molecule has 27 heavy (non-hydrogen) atoms. The van der Waals surface area contributed by atoms with Gasteiger partial charge in [0.25, 0.3) is 5.92 Å². The molecule has 2 aromatic rings. The van der Waals surface area contributed by atoms with Gasteiger partial charge in [-0.25, -0.2) is 18.2 Å². The van der Waals surface area contributed by atoms with Crippen molar-refractivity contribution in [1.29, 1.82) is 0 Å². The monoisotopic (exact) mass is 423 g/mol. The number of benzene rings is 1. The Hall–Kier alpha value is -2.03. The Morgan fingerprint density at radius 2 is 2.07 bits per heavy atom. The van der Waals surface area contributed by atoms with Crippen molar-refractivity contribution in [1.82, 2.24) is 15.6 Å². The molecule has 1 aliphatic heterocycles. The summed E-state index contributed by atoms with van der Waals surface area (Å²) in [4.78, 5) is 15.9. The fourth-order valence-electron chi connectivity index (χ4n) is 2.44. The van der Waals surface area contributed by atoms with E-state index in [0.717, 1.165) is 0 Å². The Bertz CT molecular complexity index is 763. The topological polar surface area (TPSA) is 63.2 Å². The Balaban J connectivity index is 0.00000182. The maximum absolute atomic E-state index is 13.1. The Labute approximate surface area is 166 Å². The molecule has 0 radical (unpaired) electrons. The van der Waals surface area contributed by atoms with E-state index in [9.17, 15) is 18.0 Å². The number of rotatable bonds is 5. The average molecular weight is 424 g/mol. The third-order valence-corrected chi connectivity index (χ3v) is 3.71. The molecule has 0 aliphatic carbocycles. The molecule has 148 valence electrons. The number of ether oxygens (including phenoxy) is 1. The third kappa shape index (κ3) is 6.57. The van der Waals surface area contributed by atoms with Crippen molar-refractivity contribution in [2.75, 3.05) is 6.54 Å². The van der Waals surface area contributed by atoms with E-state index in [1.165, 1.54) is 24.4 Å². The quantitative estimate of drug-likeness (QED) is 0.772. The van der Waals surface area contributed by atoms with Crippen LogP contribution in [0.3, 0.4) is 0 Å². The molecule has 0 spiro atoms. The predicted octanol–water partition coefficient (Wildman–Crippen LogP) is 3.47. The number of carbonyl (C=O) groups is 1. The van der Waals surface area contributed by atoms with Gasteiger partial charge < -0.3 is 10.1 Å². The van der Waals surface area contributed by atoms with E-state index in [1.807, 2.05) is 0 Å². The summed E-state index contributed by atoms with van der Waals surface area (Å²) in [6, 6.07) is 8.03. The molecule has 5 nitrogen and oxygen atoms in total. The maximum atomic E-state index is 13.1. The molecular formula is C17H18Cl2F3N3O2. The minimum Gasteiger partial charge on any atom is -0.439 e. The lowest BCUT2D eigenvalue weighted by Gasteiger charge is -2.11. The Morgan fingerprint density at radius 1 is 1.30 bits per heavy atom. The largest absolute Gasteiger partial charge is 0.439 e. The molecule has 2 heterocycles. The van der Waals surface area contributed by atoms with E-state index >= 15 is 0 Å². The van der Waals surface area contributed by atoms with Crippen molar-refractivity contribution in [2.24, 2.45) is 0 Å². The molecule has 1 atom stereocenters. The van der Waals surface area contributed by atoms with Gasteiger partial charge in [-0.2, -0.15) is 0 Å². The van der Waals surface area contributed by atoms with Crippen molar-refractivity contribution in [2.45, 2.75) is 24.9 Å². The Kier molecular flexibility index (Phi) is 8.33. The first-order chi connectivity index (χ1) is 11.9. The Morgan fingerprint density at radius 3 is 2.67 bits per heavy atom. The zero-order valence-electron chi connectivity index (χ0n) is 14.0. The van der Waals surface area contributed by atoms with Crippen LogP contribution in [0, 0.1) is 5.82 Å². The van der Waals surface area contributed by atoms with Crippen LogP contribution in [-0.4, -0.2) is 29.4 Å². The van der Waals surface area contributed by atoms with Gasteiger partial charge in [-0.1, -0.05) is 12.1 Å². The lowest BCUT2D eigenvalue weighted by Crippen LogP contribution is -2.40. The molecule has 0 bridgehead atoms. The van der Waals surface area contributed by atoms with Crippen LogP contribution in [-0.2, 0) is 11.3 Å². The van der Waals surface area contributed by atoms with Crippen molar-refractivity contribution in [3.05, 3.63) is 54.0 Å². The van der Waals surface area contributed by atoms with Gasteiger partial charge in [0.15, 0.2) is 0 Å². The third-order valence-electron chi connectivity index (χ3n) is 3.71. The highest BCUT2D eigenvalue weighted by Gasteiger charge is 2.42. The van der Waals surface area contributed by atoms with Crippen LogP contribution < -0.4 is 15.4 Å². The van der Waals surface area contributed by atoms with E-state index in [0.29, 0.717) is 11.3 Å². The molecule has 1 unspecified atom stereocenters. The molecule has 1 saturated heterocycles. The van der Waals surface area contributed by atoms with Crippen molar-refractivity contribution < 1.29 is 22.7 Å². The van der Waals surface area contributed by atoms with Gasteiger partial charge in [0.05, 0.1) is 12.6 Å². The lowest BCUT2D eigenvalue weighted by atomic mass is 10.2. The summed E-state index contributed by atoms with van der Waals surface area (Å²) >= 11 is 0. The number of aromatic nitrogens is 1. The number of alkyl halides is 2. The lowest BCUT2D eigenvalue weighted by molar-refractivity contribution is -0.123. The average Bonchev–Trinajstić information content (AvgIpc) is 2.94. The molecule has 1 amide bonds. The van der Waals surface area contributed by atoms with E-state index in [1.54, 1.807) is 18.2 Å². The van der Waals surface area contributed by atoms with Crippen LogP contribution >= 0.6 is 24.8 Å². The van der Waals surface area contributed by atoms with Crippen LogP contribution in [0.1, 0.15) is 12.0 Å². The van der Waals surface area contributed by atoms with E-state index in [2.05, 4.69) is 15.6 Å². The number of pyridine rings is 1. The van der Waals surface area contributed by atoms with Crippen LogP contribution in [0.2, 0.25) is 0 Å². The highest BCUT2D eigenvalue weighted by atomic mass is 35.5. The van der Waals surface area contributed by atoms with Crippen LogP contribution in [0.15, 0.2) is 42.6 Å². The number of amides is 1. The van der Waals surface area contributed by atoms with E-state index in [4.69, 9.17) is 4.74 Å². The SMILES string of the molecule is Cl.Cl.O=C(NCc1ccc(Oc2cccc(F)c2)nc1)C1CC(F)(F)CN1. The van der Waals surface area contributed by atoms with Crippen LogP contribution in [0.4, 0.5) is 13.2 Å². The maximum Gasteiger partial charge on any atom is 0.262 e. The molecule has 3 rings (SSSR count). The fraction of sp³-hybridized carbons (Fsp3) is 0.294.